The molecule has 0 aliphatic heterocycles. The zero-order valence-corrected chi connectivity index (χ0v) is 27.8. The molecule has 0 bridgehead atoms. The van der Waals surface area contributed by atoms with Crippen LogP contribution in [0.3, 0.4) is 0 Å². The number of carbonyl (C=O) groups excluding carboxylic acids is 2. The van der Waals surface area contributed by atoms with Crippen molar-refractivity contribution >= 4 is 29.3 Å². The Hall–Kier alpha value is -4.97. The minimum absolute atomic E-state index is 0.0119. The number of amides is 2. The SMILES string of the molecule is COc1ccc(CN(C(=O)CSc2nc(C)cc(C)n2)C(C(=O)Nc2ccc(OC)cc2OC)c2ccc(OC)c(OC)c2)cc1. The number of hydrogen-bond donors (Lipinski definition) is 1. The van der Waals surface area contributed by atoms with Crippen LogP contribution in [0.15, 0.2) is 71.9 Å². The van der Waals surface area contributed by atoms with Gasteiger partial charge in [0, 0.05) is 24.0 Å². The average Bonchev–Trinajstić information content (AvgIpc) is 3.06. The maximum absolute atomic E-state index is 14.4. The van der Waals surface area contributed by atoms with Crippen LogP contribution in [0.1, 0.15) is 28.6 Å². The summed E-state index contributed by atoms with van der Waals surface area (Å²) in [6, 6.07) is 18.3. The highest BCUT2D eigenvalue weighted by Gasteiger charge is 2.33. The van der Waals surface area contributed by atoms with Crippen molar-refractivity contribution in [2.75, 3.05) is 46.6 Å². The fourth-order valence-electron chi connectivity index (χ4n) is 4.82. The number of rotatable bonds is 14. The van der Waals surface area contributed by atoms with Gasteiger partial charge in [0.15, 0.2) is 16.7 Å². The van der Waals surface area contributed by atoms with Crippen molar-refractivity contribution in [1.29, 1.82) is 0 Å². The molecule has 11 nitrogen and oxygen atoms in total. The van der Waals surface area contributed by atoms with Gasteiger partial charge < -0.3 is 33.9 Å². The minimum Gasteiger partial charge on any atom is -0.497 e. The van der Waals surface area contributed by atoms with E-state index in [2.05, 4.69) is 15.3 Å². The molecular weight excluding hydrogens is 608 g/mol. The van der Waals surface area contributed by atoms with E-state index < -0.39 is 11.9 Å². The molecule has 46 heavy (non-hydrogen) atoms. The van der Waals surface area contributed by atoms with Crippen molar-refractivity contribution in [3.8, 4) is 28.7 Å². The maximum atomic E-state index is 14.4. The summed E-state index contributed by atoms with van der Waals surface area (Å²) in [6.45, 7) is 3.87. The second kappa shape index (κ2) is 15.8. The molecule has 4 aromatic rings. The molecular formula is C34H38N4O7S. The van der Waals surface area contributed by atoms with Gasteiger partial charge in [-0.15, -0.1) is 0 Å². The summed E-state index contributed by atoms with van der Waals surface area (Å²) in [4.78, 5) is 39.1. The molecule has 1 N–H and O–H groups in total. The zero-order valence-electron chi connectivity index (χ0n) is 27.0. The Kier molecular flexibility index (Phi) is 11.7. The lowest BCUT2D eigenvalue weighted by Crippen LogP contribution is -2.42. The molecule has 0 saturated carbocycles. The lowest BCUT2D eigenvalue weighted by Gasteiger charge is -2.32. The van der Waals surface area contributed by atoms with Crippen molar-refractivity contribution < 1.29 is 33.3 Å². The summed E-state index contributed by atoms with van der Waals surface area (Å²) in [5.74, 6) is 1.74. The second-order valence-corrected chi connectivity index (χ2v) is 11.1. The molecule has 0 radical (unpaired) electrons. The number of ether oxygens (including phenoxy) is 5. The van der Waals surface area contributed by atoms with Crippen LogP contribution in [0.2, 0.25) is 0 Å². The fourth-order valence-corrected chi connectivity index (χ4v) is 5.65. The van der Waals surface area contributed by atoms with Crippen molar-refractivity contribution in [3.63, 3.8) is 0 Å². The van der Waals surface area contributed by atoms with Gasteiger partial charge in [0.05, 0.1) is 47.0 Å². The van der Waals surface area contributed by atoms with Crippen LogP contribution in [-0.2, 0) is 16.1 Å². The molecule has 2 amide bonds. The topological polar surface area (TPSA) is 121 Å². The minimum atomic E-state index is -1.10. The molecule has 0 aliphatic carbocycles. The van der Waals surface area contributed by atoms with E-state index in [0.29, 0.717) is 45.2 Å². The molecule has 1 aromatic heterocycles. The number of nitrogens with zero attached hydrogens (tertiary/aromatic N) is 3. The van der Waals surface area contributed by atoms with Gasteiger partial charge >= 0.3 is 0 Å². The van der Waals surface area contributed by atoms with E-state index in [1.807, 2.05) is 44.2 Å². The molecule has 0 aliphatic rings. The first-order chi connectivity index (χ1) is 22.2. The van der Waals surface area contributed by atoms with E-state index in [4.69, 9.17) is 23.7 Å². The summed E-state index contributed by atoms with van der Waals surface area (Å²) < 4.78 is 27.2. The third-order valence-corrected chi connectivity index (χ3v) is 7.90. The van der Waals surface area contributed by atoms with Crippen LogP contribution >= 0.6 is 11.8 Å². The molecule has 1 unspecified atom stereocenters. The lowest BCUT2D eigenvalue weighted by molar-refractivity contribution is -0.137. The monoisotopic (exact) mass is 646 g/mol. The second-order valence-electron chi connectivity index (χ2n) is 10.2. The molecule has 12 heteroatoms. The third kappa shape index (κ3) is 8.39. The van der Waals surface area contributed by atoms with Crippen LogP contribution in [0, 0.1) is 13.8 Å². The van der Waals surface area contributed by atoms with Crippen LogP contribution in [0.4, 0.5) is 5.69 Å². The maximum Gasteiger partial charge on any atom is 0.251 e. The highest BCUT2D eigenvalue weighted by atomic mass is 32.2. The van der Waals surface area contributed by atoms with E-state index in [0.717, 1.165) is 17.0 Å². The predicted octanol–water partition coefficient (Wildman–Crippen LogP) is 5.64. The molecule has 3 aromatic carbocycles. The van der Waals surface area contributed by atoms with Crippen molar-refractivity contribution in [2.24, 2.45) is 0 Å². The van der Waals surface area contributed by atoms with Gasteiger partial charge in [-0.25, -0.2) is 9.97 Å². The number of benzene rings is 3. The summed E-state index contributed by atoms with van der Waals surface area (Å²) in [5.41, 5.74) is 3.31. The molecule has 1 heterocycles. The van der Waals surface area contributed by atoms with Crippen molar-refractivity contribution in [2.45, 2.75) is 31.6 Å². The van der Waals surface area contributed by atoms with E-state index >= 15 is 0 Å². The first kappa shape index (κ1) is 33.9. The first-order valence-corrected chi connectivity index (χ1v) is 15.3. The quantitative estimate of drug-likeness (QED) is 0.136. The Labute approximate surface area is 273 Å². The summed E-state index contributed by atoms with van der Waals surface area (Å²) >= 11 is 1.21. The fraction of sp³-hybridized carbons (Fsp3) is 0.294. The Morgan fingerprint density at radius 1 is 0.739 bits per heavy atom. The van der Waals surface area contributed by atoms with Gasteiger partial charge in [-0.2, -0.15) is 0 Å². The number of aromatic nitrogens is 2. The van der Waals surface area contributed by atoms with Crippen LogP contribution in [0.25, 0.3) is 0 Å². The highest BCUT2D eigenvalue weighted by Crippen LogP contribution is 2.36. The largest absolute Gasteiger partial charge is 0.497 e. The van der Waals surface area contributed by atoms with Gasteiger partial charge in [0.25, 0.3) is 5.91 Å². The Morgan fingerprint density at radius 2 is 1.37 bits per heavy atom. The molecule has 0 saturated heterocycles. The average molecular weight is 647 g/mol. The van der Waals surface area contributed by atoms with E-state index in [-0.39, 0.29) is 18.2 Å². The van der Waals surface area contributed by atoms with Crippen LogP contribution < -0.4 is 29.0 Å². The number of hydrogen-bond acceptors (Lipinski definition) is 10. The van der Waals surface area contributed by atoms with E-state index in [1.54, 1.807) is 50.6 Å². The van der Waals surface area contributed by atoms with Gasteiger partial charge in [0.2, 0.25) is 5.91 Å². The van der Waals surface area contributed by atoms with E-state index in [9.17, 15) is 9.59 Å². The Morgan fingerprint density at radius 3 is 1.98 bits per heavy atom. The number of nitrogens with one attached hydrogen (secondary N) is 1. The van der Waals surface area contributed by atoms with Crippen molar-refractivity contribution in [3.05, 3.63) is 89.2 Å². The number of anilines is 1. The molecule has 0 fully saturated rings. The predicted molar refractivity (Wildman–Crippen MR) is 176 cm³/mol. The van der Waals surface area contributed by atoms with Crippen LogP contribution in [0.5, 0.6) is 28.7 Å². The Bertz CT molecular complexity index is 1650. The van der Waals surface area contributed by atoms with Gasteiger partial charge in [-0.3, -0.25) is 9.59 Å². The first-order valence-electron chi connectivity index (χ1n) is 14.3. The lowest BCUT2D eigenvalue weighted by atomic mass is 10.0. The standard InChI is InChI=1S/C34H38N4O7S/c1-21-16-22(2)36-34(35-21)46-20-31(39)38(19-23-8-11-25(41-3)12-9-23)32(24-10-15-28(43-5)30(17-24)45-7)33(40)37-27-14-13-26(42-4)18-29(27)44-6/h8-18,32H,19-20H2,1-7H3,(H,37,40). The number of carbonyl (C=O) groups is 2. The Balaban J connectivity index is 1.79. The zero-order chi connectivity index (χ0) is 33.2. The van der Waals surface area contributed by atoms with Gasteiger partial charge in [-0.1, -0.05) is 30.0 Å². The third-order valence-electron chi connectivity index (χ3n) is 7.07. The molecule has 1 atom stereocenters. The van der Waals surface area contributed by atoms with E-state index in [1.165, 1.54) is 38.0 Å². The summed E-state index contributed by atoms with van der Waals surface area (Å²) in [7, 11) is 7.68. The molecule has 0 spiro atoms. The number of thioether (sulfide) groups is 1. The number of methoxy groups -OCH3 is 5. The summed E-state index contributed by atoms with van der Waals surface area (Å²) in [5, 5.41) is 3.45. The van der Waals surface area contributed by atoms with Gasteiger partial charge in [0.1, 0.15) is 23.3 Å². The van der Waals surface area contributed by atoms with Crippen LogP contribution in [-0.4, -0.2) is 68.0 Å². The molecule has 242 valence electrons. The van der Waals surface area contributed by atoms with Crippen molar-refractivity contribution in [1.82, 2.24) is 14.9 Å². The smallest absolute Gasteiger partial charge is 0.251 e. The molecule has 4 rings (SSSR count). The highest BCUT2D eigenvalue weighted by molar-refractivity contribution is 7.99. The normalized spacial score (nSPS) is 11.3. The van der Waals surface area contributed by atoms with Gasteiger partial charge in [-0.05, 0) is 67.4 Å². The summed E-state index contributed by atoms with van der Waals surface area (Å²) in [6.07, 6.45) is 0. The number of aryl methyl sites for hydroxylation is 2.